The second-order valence-corrected chi connectivity index (χ2v) is 5.23. The Hall–Kier alpha value is -1.55. The summed E-state index contributed by atoms with van der Waals surface area (Å²) >= 11 is 0. The first kappa shape index (κ1) is 13.9. The average Bonchev–Trinajstić information content (AvgIpc) is 2.40. The Morgan fingerprint density at radius 3 is 2.74 bits per heavy atom. The number of anilines is 1. The van der Waals surface area contributed by atoms with E-state index in [1.165, 1.54) is 19.3 Å². The van der Waals surface area contributed by atoms with Gasteiger partial charge >= 0.3 is 6.03 Å². The highest BCUT2D eigenvalue weighted by Gasteiger charge is 2.15. The largest absolute Gasteiger partial charge is 0.389 e. The SMILES string of the molecule is C[C@@H](O)c1cccc(NC(=O)NC2CCCCC2)c1. The summed E-state index contributed by atoms with van der Waals surface area (Å²) in [6.07, 6.45) is 5.28. The second-order valence-electron chi connectivity index (χ2n) is 5.23. The van der Waals surface area contributed by atoms with Gasteiger partial charge in [0.25, 0.3) is 0 Å². The molecule has 3 N–H and O–H groups in total. The molecule has 19 heavy (non-hydrogen) atoms. The molecule has 0 radical (unpaired) electrons. The van der Waals surface area contributed by atoms with Gasteiger partial charge in [-0.2, -0.15) is 0 Å². The molecule has 1 aliphatic carbocycles. The maximum absolute atomic E-state index is 11.9. The molecule has 1 aromatic rings. The van der Waals surface area contributed by atoms with E-state index in [1.807, 2.05) is 18.2 Å². The van der Waals surface area contributed by atoms with Crippen LogP contribution in [0.5, 0.6) is 0 Å². The monoisotopic (exact) mass is 262 g/mol. The standard InChI is InChI=1S/C15H22N2O2/c1-11(18)12-6-5-9-14(10-12)17-15(19)16-13-7-3-2-4-8-13/h5-6,9-11,13,18H,2-4,7-8H2,1H3,(H2,16,17,19)/t11-/m1/s1. The maximum Gasteiger partial charge on any atom is 0.319 e. The van der Waals surface area contributed by atoms with Crippen LogP contribution >= 0.6 is 0 Å². The molecule has 0 saturated heterocycles. The number of nitrogens with one attached hydrogen (secondary N) is 2. The number of aliphatic hydroxyl groups is 1. The van der Waals surface area contributed by atoms with Gasteiger partial charge in [-0.3, -0.25) is 0 Å². The first-order chi connectivity index (χ1) is 9.15. The number of carbonyl (C=O) groups is 1. The van der Waals surface area contributed by atoms with Crippen molar-refractivity contribution in [3.05, 3.63) is 29.8 Å². The van der Waals surface area contributed by atoms with Gasteiger partial charge in [0, 0.05) is 11.7 Å². The molecule has 2 amide bonds. The molecule has 1 saturated carbocycles. The molecule has 0 heterocycles. The predicted molar refractivity (Wildman–Crippen MR) is 76.1 cm³/mol. The summed E-state index contributed by atoms with van der Waals surface area (Å²) in [5, 5.41) is 15.3. The van der Waals surface area contributed by atoms with Crippen LogP contribution < -0.4 is 10.6 Å². The summed E-state index contributed by atoms with van der Waals surface area (Å²) < 4.78 is 0. The molecule has 0 spiro atoms. The number of amides is 2. The van der Waals surface area contributed by atoms with Gasteiger partial charge in [0.1, 0.15) is 0 Å². The predicted octanol–water partition coefficient (Wildman–Crippen LogP) is 3.19. The Balaban J connectivity index is 1.89. The summed E-state index contributed by atoms with van der Waals surface area (Å²) in [5.74, 6) is 0. The number of rotatable bonds is 3. The lowest BCUT2D eigenvalue weighted by molar-refractivity contribution is 0.199. The average molecular weight is 262 g/mol. The smallest absolute Gasteiger partial charge is 0.319 e. The second kappa shape index (κ2) is 6.57. The van der Waals surface area contributed by atoms with E-state index in [9.17, 15) is 9.90 Å². The van der Waals surface area contributed by atoms with E-state index in [0.29, 0.717) is 11.7 Å². The van der Waals surface area contributed by atoms with Crippen molar-refractivity contribution in [1.29, 1.82) is 0 Å². The third kappa shape index (κ3) is 4.24. The first-order valence-electron chi connectivity index (χ1n) is 7.00. The van der Waals surface area contributed by atoms with E-state index in [-0.39, 0.29) is 6.03 Å². The normalized spacial score (nSPS) is 17.8. The topological polar surface area (TPSA) is 61.4 Å². The van der Waals surface area contributed by atoms with Crippen LogP contribution in [-0.4, -0.2) is 17.2 Å². The molecule has 4 heteroatoms. The Morgan fingerprint density at radius 2 is 2.05 bits per heavy atom. The van der Waals surface area contributed by atoms with Gasteiger partial charge in [-0.25, -0.2) is 4.79 Å². The van der Waals surface area contributed by atoms with Crippen LogP contribution in [0.25, 0.3) is 0 Å². The van der Waals surface area contributed by atoms with Crippen LogP contribution in [0.15, 0.2) is 24.3 Å². The summed E-state index contributed by atoms with van der Waals surface area (Å²) in [7, 11) is 0. The summed E-state index contributed by atoms with van der Waals surface area (Å²) in [6, 6.07) is 7.44. The molecule has 1 aliphatic rings. The van der Waals surface area contributed by atoms with E-state index in [2.05, 4.69) is 10.6 Å². The lowest BCUT2D eigenvalue weighted by atomic mass is 9.96. The third-order valence-corrected chi connectivity index (χ3v) is 3.57. The Kier molecular flexibility index (Phi) is 4.80. The summed E-state index contributed by atoms with van der Waals surface area (Å²) in [5.41, 5.74) is 1.52. The Morgan fingerprint density at radius 1 is 1.32 bits per heavy atom. The molecule has 4 nitrogen and oxygen atoms in total. The molecule has 104 valence electrons. The van der Waals surface area contributed by atoms with Gasteiger partial charge < -0.3 is 15.7 Å². The Labute approximate surface area is 114 Å². The molecule has 1 fully saturated rings. The zero-order chi connectivity index (χ0) is 13.7. The lowest BCUT2D eigenvalue weighted by Gasteiger charge is -2.23. The van der Waals surface area contributed by atoms with Crippen molar-refractivity contribution >= 4 is 11.7 Å². The number of benzene rings is 1. The zero-order valence-corrected chi connectivity index (χ0v) is 11.4. The third-order valence-electron chi connectivity index (χ3n) is 3.57. The fourth-order valence-electron chi connectivity index (χ4n) is 2.48. The van der Waals surface area contributed by atoms with E-state index >= 15 is 0 Å². The summed E-state index contributed by atoms with van der Waals surface area (Å²) in [6.45, 7) is 1.71. The number of carbonyl (C=O) groups excluding carboxylic acids is 1. The van der Waals surface area contributed by atoms with E-state index < -0.39 is 6.10 Å². The number of aliphatic hydroxyl groups excluding tert-OH is 1. The van der Waals surface area contributed by atoms with Crippen molar-refractivity contribution in [2.75, 3.05) is 5.32 Å². The van der Waals surface area contributed by atoms with Crippen LogP contribution in [0.3, 0.4) is 0 Å². The number of hydrogen-bond acceptors (Lipinski definition) is 2. The van der Waals surface area contributed by atoms with Crippen LogP contribution in [0, 0.1) is 0 Å². The van der Waals surface area contributed by atoms with Gasteiger partial charge in [0.2, 0.25) is 0 Å². The fraction of sp³-hybridized carbons (Fsp3) is 0.533. The van der Waals surface area contributed by atoms with Crippen molar-refractivity contribution in [2.24, 2.45) is 0 Å². The number of hydrogen-bond donors (Lipinski definition) is 3. The molecule has 1 aromatic carbocycles. The van der Waals surface area contributed by atoms with Crippen molar-refractivity contribution < 1.29 is 9.90 Å². The summed E-state index contributed by atoms with van der Waals surface area (Å²) in [4.78, 5) is 11.9. The minimum absolute atomic E-state index is 0.158. The van der Waals surface area contributed by atoms with Gasteiger partial charge in [-0.15, -0.1) is 0 Å². The molecule has 0 unspecified atom stereocenters. The van der Waals surface area contributed by atoms with Crippen LogP contribution in [0.2, 0.25) is 0 Å². The minimum Gasteiger partial charge on any atom is -0.389 e. The lowest BCUT2D eigenvalue weighted by Crippen LogP contribution is -2.39. The quantitative estimate of drug-likeness (QED) is 0.783. The molecule has 0 bridgehead atoms. The van der Waals surface area contributed by atoms with Crippen LogP contribution in [0.4, 0.5) is 10.5 Å². The van der Waals surface area contributed by atoms with Crippen molar-refractivity contribution in [3.63, 3.8) is 0 Å². The minimum atomic E-state index is -0.525. The molecule has 2 rings (SSSR count). The Bertz CT molecular complexity index is 426. The molecule has 0 aromatic heterocycles. The van der Waals surface area contributed by atoms with Crippen LogP contribution in [0.1, 0.15) is 50.7 Å². The van der Waals surface area contributed by atoms with Crippen molar-refractivity contribution in [2.45, 2.75) is 51.2 Å². The first-order valence-corrected chi connectivity index (χ1v) is 7.00. The van der Waals surface area contributed by atoms with Crippen LogP contribution in [-0.2, 0) is 0 Å². The zero-order valence-electron chi connectivity index (χ0n) is 11.4. The van der Waals surface area contributed by atoms with E-state index in [4.69, 9.17) is 0 Å². The van der Waals surface area contributed by atoms with Gasteiger partial charge in [-0.05, 0) is 37.5 Å². The highest BCUT2D eigenvalue weighted by Crippen LogP contribution is 2.19. The molecule has 0 aliphatic heterocycles. The van der Waals surface area contributed by atoms with Crippen molar-refractivity contribution in [1.82, 2.24) is 5.32 Å². The number of urea groups is 1. The molecular weight excluding hydrogens is 240 g/mol. The molecule has 1 atom stereocenters. The van der Waals surface area contributed by atoms with Crippen molar-refractivity contribution in [3.8, 4) is 0 Å². The van der Waals surface area contributed by atoms with E-state index in [1.54, 1.807) is 13.0 Å². The van der Waals surface area contributed by atoms with Gasteiger partial charge in [0.15, 0.2) is 0 Å². The maximum atomic E-state index is 11.9. The van der Waals surface area contributed by atoms with E-state index in [0.717, 1.165) is 18.4 Å². The fourth-order valence-corrected chi connectivity index (χ4v) is 2.48. The van der Waals surface area contributed by atoms with Gasteiger partial charge in [-0.1, -0.05) is 31.4 Å². The molecular formula is C15H22N2O2. The highest BCUT2D eigenvalue weighted by atomic mass is 16.3. The highest BCUT2D eigenvalue weighted by molar-refractivity contribution is 5.89. The van der Waals surface area contributed by atoms with Gasteiger partial charge in [0.05, 0.1) is 6.10 Å².